The maximum Gasteiger partial charge on any atom is 0.296 e. The molecular formula is C23H25FN6O6S. The molecule has 196 valence electrons. The highest BCUT2D eigenvalue weighted by atomic mass is 32.2. The summed E-state index contributed by atoms with van der Waals surface area (Å²) in [5.41, 5.74) is -0.613. The SMILES string of the molecule is Cc1ncnn1-c1cc(F)ccc1CNC(=O)c1nc2n(c(=O)c1O)CCCS(=O)(=O)C21CCOCC1. The summed E-state index contributed by atoms with van der Waals surface area (Å²) in [6, 6.07) is 3.93. The van der Waals surface area contributed by atoms with Gasteiger partial charge in [-0.25, -0.2) is 27.5 Å². The molecule has 2 aliphatic heterocycles. The molecule has 0 bridgehead atoms. The van der Waals surface area contributed by atoms with Crippen LogP contribution in [-0.2, 0) is 32.4 Å². The molecule has 0 radical (unpaired) electrons. The molecule has 1 saturated heterocycles. The number of aromatic nitrogens is 5. The van der Waals surface area contributed by atoms with Crippen LogP contribution in [0.5, 0.6) is 5.75 Å². The summed E-state index contributed by atoms with van der Waals surface area (Å²) in [5.74, 6) is -1.96. The smallest absolute Gasteiger partial charge is 0.296 e. The molecule has 1 spiro atoms. The van der Waals surface area contributed by atoms with Crippen LogP contribution in [0.25, 0.3) is 5.69 Å². The number of carbonyl (C=O) groups excluding carboxylic acids is 1. The first-order valence-corrected chi connectivity index (χ1v) is 13.4. The monoisotopic (exact) mass is 532 g/mol. The Kier molecular flexibility index (Phi) is 6.31. The molecule has 3 aromatic rings. The Morgan fingerprint density at radius 1 is 1.30 bits per heavy atom. The first-order valence-electron chi connectivity index (χ1n) is 11.7. The van der Waals surface area contributed by atoms with E-state index in [1.54, 1.807) is 6.92 Å². The molecule has 2 N–H and O–H groups in total. The molecule has 1 fully saturated rings. The van der Waals surface area contributed by atoms with E-state index in [-0.39, 0.29) is 57.1 Å². The number of fused-ring (bicyclic) bond motifs is 2. The van der Waals surface area contributed by atoms with Crippen molar-refractivity contribution in [3.05, 3.63) is 63.6 Å². The minimum absolute atomic E-state index is 0.0503. The van der Waals surface area contributed by atoms with Crippen LogP contribution in [0, 0.1) is 12.7 Å². The second-order valence-electron chi connectivity index (χ2n) is 9.04. The van der Waals surface area contributed by atoms with Crippen LogP contribution in [0.1, 0.15) is 47.0 Å². The van der Waals surface area contributed by atoms with Gasteiger partial charge in [0.1, 0.15) is 28.5 Å². The second-order valence-corrected chi connectivity index (χ2v) is 11.5. The van der Waals surface area contributed by atoms with E-state index in [0.29, 0.717) is 17.1 Å². The van der Waals surface area contributed by atoms with Gasteiger partial charge in [0.2, 0.25) is 5.75 Å². The number of hydrogen-bond acceptors (Lipinski definition) is 9. The zero-order chi connectivity index (χ0) is 26.4. The van der Waals surface area contributed by atoms with Gasteiger partial charge in [-0.3, -0.25) is 14.2 Å². The second kappa shape index (κ2) is 9.34. The highest BCUT2D eigenvalue weighted by Crippen LogP contribution is 2.41. The fourth-order valence-electron chi connectivity index (χ4n) is 4.92. The summed E-state index contributed by atoms with van der Waals surface area (Å²) in [7, 11) is -3.73. The number of nitrogens with zero attached hydrogens (tertiary/aromatic N) is 5. The van der Waals surface area contributed by atoms with Crippen LogP contribution in [0.15, 0.2) is 29.3 Å². The molecule has 1 aromatic carbocycles. The largest absolute Gasteiger partial charge is 0.501 e. The average Bonchev–Trinajstić information content (AvgIpc) is 3.27. The van der Waals surface area contributed by atoms with Gasteiger partial charge in [0.05, 0.1) is 11.4 Å². The van der Waals surface area contributed by atoms with Gasteiger partial charge in [-0.2, -0.15) is 5.10 Å². The standard InChI is InChI=1S/C23H25FN6O6S/c1-14-26-13-27-30(14)17-11-16(24)4-3-15(17)12-25-20(32)18-19(31)21(33)29-7-2-10-37(34,35)23(22(29)28-18)5-8-36-9-6-23/h3-4,11,13,31H,2,5-10,12H2,1H3,(H,25,32). The first kappa shape index (κ1) is 25.0. The third kappa shape index (κ3) is 4.19. The number of aromatic hydroxyl groups is 1. The van der Waals surface area contributed by atoms with E-state index in [4.69, 9.17) is 4.74 Å². The van der Waals surface area contributed by atoms with Crippen molar-refractivity contribution >= 4 is 15.7 Å². The molecule has 5 rings (SSSR count). The summed E-state index contributed by atoms with van der Waals surface area (Å²) >= 11 is 0. The van der Waals surface area contributed by atoms with Gasteiger partial charge in [0, 0.05) is 26.3 Å². The van der Waals surface area contributed by atoms with Crippen molar-refractivity contribution in [1.82, 2.24) is 29.6 Å². The lowest BCUT2D eigenvalue weighted by Gasteiger charge is -2.35. The third-order valence-electron chi connectivity index (χ3n) is 6.89. The van der Waals surface area contributed by atoms with Gasteiger partial charge in [0.25, 0.3) is 11.5 Å². The summed E-state index contributed by atoms with van der Waals surface area (Å²) in [5, 5.41) is 17.3. The number of hydrogen-bond donors (Lipinski definition) is 2. The van der Waals surface area contributed by atoms with E-state index in [0.717, 1.165) is 4.57 Å². The summed E-state index contributed by atoms with van der Waals surface area (Å²) < 4.78 is 47.1. The number of ether oxygens (including phenoxy) is 1. The van der Waals surface area contributed by atoms with Crippen molar-refractivity contribution < 1.29 is 27.4 Å². The number of sulfone groups is 1. The highest BCUT2D eigenvalue weighted by Gasteiger charge is 2.51. The van der Waals surface area contributed by atoms with Gasteiger partial charge < -0.3 is 15.2 Å². The molecule has 37 heavy (non-hydrogen) atoms. The van der Waals surface area contributed by atoms with Crippen molar-refractivity contribution in [2.75, 3.05) is 19.0 Å². The molecule has 2 aliphatic rings. The zero-order valence-electron chi connectivity index (χ0n) is 20.0. The zero-order valence-corrected chi connectivity index (χ0v) is 20.8. The van der Waals surface area contributed by atoms with Gasteiger partial charge in [-0.05, 0) is 43.9 Å². The Morgan fingerprint density at radius 2 is 2.05 bits per heavy atom. The van der Waals surface area contributed by atoms with E-state index >= 15 is 0 Å². The predicted molar refractivity (Wildman–Crippen MR) is 128 cm³/mol. The van der Waals surface area contributed by atoms with Crippen molar-refractivity contribution in [2.45, 2.75) is 44.0 Å². The molecule has 0 unspecified atom stereocenters. The first-order chi connectivity index (χ1) is 17.6. The molecule has 0 saturated carbocycles. The van der Waals surface area contributed by atoms with Crippen molar-refractivity contribution in [3.63, 3.8) is 0 Å². The number of aryl methyl sites for hydroxylation is 1. The Morgan fingerprint density at radius 3 is 2.76 bits per heavy atom. The van der Waals surface area contributed by atoms with E-state index in [1.165, 1.54) is 29.2 Å². The lowest BCUT2D eigenvalue weighted by Crippen LogP contribution is -2.46. The van der Waals surface area contributed by atoms with Crippen molar-refractivity contribution in [1.29, 1.82) is 0 Å². The fourth-order valence-corrected chi connectivity index (χ4v) is 7.04. The van der Waals surface area contributed by atoms with Crippen LogP contribution in [-0.4, -0.2) is 62.7 Å². The molecule has 1 amide bonds. The maximum atomic E-state index is 14.0. The lowest BCUT2D eigenvalue weighted by molar-refractivity contribution is 0.0707. The van der Waals surface area contributed by atoms with E-state index in [1.807, 2.05) is 0 Å². The van der Waals surface area contributed by atoms with Crippen molar-refractivity contribution in [2.24, 2.45) is 0 Å². The van der Waals surface area contributed by atoms with Crippen LogP contribution < -0.4 is 10.9 Å². The Bertz CT molecular complexity index is 1540. The average molecular weight is 533 g/mol. The summed E-state index contributed by atoms with van der Waals surface area (Å²) in [6.45, 7) is 1.93. The molecule has 12 nitrogen and oxygen atoms in total. The van der Waals surface area contributed by atoms with Crippen LogP contribution in [0.4, 0.5) is 4.39 Å². The maximum absolute atomic E-state index is 14.0. The van der Waals surface area contributed by atoms with Gasteiger partial charge >= 0.3 is 0 Å². The quantitative estimate of drug-likeness (QED) is 0.494. The fraction of sp³-hybridized carbons (Fsp3) is 0.435. The van der Waals surface area contributed by atoms with Crippen LogP contribution in [0.3, 0.4) is 0 Å². The number of amides is 1. The number of carbonyl (C=O) groups is 1. The molecule has 14 heteroatoms. The van der Waals surface area contributed by atoms with Crippen LogP contribution >= 0.6 is 0 Å². The van der Waals surface area contributed by atoms with E-state index in [2.05, 4.69) is 20.4 Å². The van der Waals surface area contributed by atoms with Gasteiger partial charge in [-0.1, -0.05) is 6.07 Å². The molecular weight excluding hydrogens is 507 g/mol. The lowest BCUT2D eigenvalue weighted by atomic mass is 9.97. The van der Waals surface area contributed by atoms with E-state index < -0.39 is 43.3 Å². The van der Waals surface area contributed by atoms with Gasteiger partial charge in [0.15, 0.2) is 15.5 Å². The molecule has 2 aromatic heterocycles. The summed E-state index contributed by atoms with van der Waals surface area (Å²) in [4.78, 5) is 34.6. The Balaban J connectivity index is 1.53. The Labute approximate surface area is 211 Å². The number of benzene rings is 1. The number of nitrogens with one attached hydrogen (secondary N) is 1. The predicted octanol–water partition coefficient (Wildman–Crippen LogP) is 0.731. The number of rotatable bonds is 4. The summed E-state index contributed by atoms with van der Waals surface area (Å²) in [6.07, 6.45) is 1.67. The van der Waals surface area contributed by atoms with Crippen LogP contribution in [0.2, 0.25) is 0 Å². The number of halogens is 1. The molecule has 0 atom stereocenters. The topological polar surface area (TPSA) is 158 Å². The van der Waals surface area contributed by atoms with E-state index in [9.17, 15) is 27.5 Å². The highest BCUT2D eigenvalue weighted by molar-refractivity contribution is 7.92. The minimum Gasteiger partial charge on any atom is -0.501 e. The van der Waals surface area contributed by atoms with Gasteiger partial charge in [-0.15, -0.1) is 0 Å². The molecule has 0 aliphatic carbocycles. The third-order valence-corrected chi connectivity index (χ3v) is 9.50. The normalized spacial score (nSPS) is 18.2. The van der Waals surface area contributed by atoms with Crippen molar-refractivity contribution in [3.8, 4) is 11.4 Å². The minimum atomic E-state index is -3.73. The Hall–Kier alpha value is -3.65. The molecule has 4 heterocycles.